The second kappa shape index (κ2) is 5.62. The van der Waals surface area contributed by atoms with Gasteiger partial charge in [-0.05, 0) is 24.4 Å². The topological polar surface area (TPSA) is 77.5 Å². The van der Waals surface area contributed by atoms with Gasteiger partial charge >= 0.3 is 51.4 Å². The molecule has 0 spiro atoms. The molecule has 1 aliphatic rings. The minimum Gasteiger partial charge on any atom is -0.731 e. The van der Waals surface area contributed by atoms with Crippen molar-refractivity contribution in [2.45, 2.75) is 13.0 Å². The van der Waals surface area contributed by atoms with Gasteiger partial charge in [-0.15, -0.1) is 11.3 Å². The third-order valence-corrected chi connectivity index (χ3v) is 4.11. The van der Waals surface area contributed by atoms with Crippen LogP contribution in [-0.4, -0.2) is 29.2 Å². The fraction of sp³-hybridized carbons (Fsp3) is 0.222. The minimum absolute atomic E-state index is 0. The largest absolute Gasteiger partial charge is 1.00 e. The number of nitrogens with zero attached hydrogens (tertiary/aromatic N) is 1. The van der Waals surface area contributed by atoms with Crippen molar-refractivity contribution in [2.75, 3.05) is 0 Å². The smallest absolute Gasteiger partial charge is 0.731 e. The van der Waals surface area contributed by atoms with Gasteiger partial charge in [-0.3, -0.25) is 4.79 Å². The van der Waals surface area contributed by atoms with Crippen LogP contribution in [0.15, 0.2) is 23.1 Å². The van der Waals surface area contributed by atoms with E-state index in [9.17, 15) is 17.8 Å². The summed E-state index contributed by atoms with van der Waals surface area (Å²) in [5.41, 5.74) is 0.349. The van der Waals surface area contributed by atoms with Crippen LogP contribution >= 0.6 is 11.3 Å². The van der Waals surface area contributed by atoms with Crippen LogP contribution in [0, 0.1) is 0 Å². The Labute approximate surface area is 146 Å². The van der Waals surface area contributed by atoms with Gasteiger partial charge < -0.3 is 4.55 Å². The first kappa shape index (κ1) is 15.5. The Bertz CT molecular complexity index is 550. The second-order valence-corrected chi connectivity index (χ2v) is 5.58. The van der Waals surface area contributed by atoms with E-state index >= 15 is 0 Å². The molecule has 1 aromatic heterocycles. The zero-order chi connectivity index (χ0) is 11.9. The van der Waals surface area contributed by atoms with Crippen molar-refractivity contribution in [3.05, 3.63) is 28.0 Å². The zero-order valence-corrected chi connectivity index (χ0v) is 14.0. The molecule has 0 aromatic carbocycles. The summed E-state index contributed by atoms with van der Waals surface area (Å²) in [5, 5.41) is 1.85. The summed E-state index contributed by atoms with van der Waals surface area (Å²) >= 11 is 1.44. The molecule has 0 unspecified atom stereocenters. The van der Waals surface area contributed by atoms with Crippen LogP contribution in [0.4, 0.5) is 0 Å². The van der Waals surface area contributed by atoms with E-state index in [0.717, 1.165) is 4.88 Å². The van der Waals surface area contributed by atoms with E-state index in [1.807, 2.05) is 17.5 Å². The Morgan fingerprint density at radius 2 is 2.18 bits per heavy atom. The number of hydrogen-bond acceptors (Lipinski definition) is 5. The number of rotatable bonds is 2. The Morgan fingerprint density at radius 1 is 1.53 bits per heavy atom. The molecule has 0 saturated carbocycles. The van der Waals surface area contributed by atoms with E-state index in [2.05, 4.69) is 0 Å². The van der Waals surface area contributed by atoms with Crippen LogP contribution in [-0.2, 0) is 15.1 Å². The van der Waals surface area contributed by atoms with E-state index in [0.29, 0.717) is 9.88 Å². The molecule has 1 atom stereocenters. The Kier molecular flexibility index (Phi) is 5.13. The molecule has 2 rings (SSSR count). The van der Waals surface area contributed by atoms with Gasteiger partial charge in [-0.2, -0.15) is 0 Å². The molecule has 0 bridgehead atoms. The number of β-lactam (4-membered cyclic amide) rings is 1. The van der Waals surface area contributed by atoms with Gasteiger partial charge in [0.1, 0.15) is 0 Å². The maximum atomic E-state index is 11.4. The number of amides is 1. The summed E-state index contributed by atoms with van der Waals surface area (Å²) in [6.45, 7) is 1.51. The van der Waals surface area contributed by atoms with Crippen LogP contribution in [0.3, 0.4) is 0 Å². The third kappa shape index (κ3) is 3.07. The van der Waals surface area contributed by atoms with Gasteiger partial charge in [0.25, 0.3) is 5.91 Å². The number of carbonyl (C=O) groups excluding carboxylic acids is 1. The van der Waals surface area contributed by atoms with Crippen molar-refractivity contribution in [3.63, 3.8) is 0 Å². The molecule has 0 aliphatic carbocycles. The number of hydrogen-bond donors (Lipinski definition) is 0. The molecule has 1 aromatic rings. The predicted octanol–water partition coefficient (Wildman–Crippen LogP) is -2.17. The van der Waals surface area contributed by atoms with Crippen molar-refractivity contribution in [3.8, 4) is 0 Å². The first-order valence-corrected chi connectivity index (χ1v) is 6.70. The molecular weight excluding hydrogens is 289 g/mol. The van der Waals surface area contributed by atoms with Gasteiger partial charge in [0, 0.05) is 10.5 Å². The molecule has 17 heavy (non-hydrogen) atoms. The van der Waals surface area contributed by atoms with Gasteiger partial charge in [0.15, 0.2) is 10.3 Å². The third-order valence-electron chi connectivity index (χ3n) is 2.33. The summed E-state index contributed by atoms with van der Waals surface area (Å²) in [7, 11) is -4.68. The molecule has 1 amide bonds. The van der Waals surface area contributed by atoms with Gasteiger partial charge in [0.05, 0.1) is 6.04 Å². The van der Waals surface area contributed by atoms with Crippen LogP contribution in [0.5, 0.6) is 0 Å². The minimum atomic E-state index is -4.68. The Morgan fingerprint density at radius 3 is 2.59 bits per heavy atom. The van der Waals surface area contributed by atoms with Gasteiger partial charge in [-0.25, -0.2) is 12.7 Å². The maximum absolute atomic E-state index is 11.4. The Hall–Kier alpha value is 0.456. The molecule has 0 radical (unpaired) electrons. The molecule has 1 aliphatic heterocycles. The summed E-state index contributed by atoms with van der Waals surface area (Å²) < 4.78 is 32.5. The second-order valence-electron chi connectivity index (χ2n) is 3.35. The number of carbonyl (C=O) groups is 1. The summed E-state index contributed by atoms with van der Waals surface area (Å²) in [6, 6.07) is 2.97. The summed E-state index contributed by atoms with van der Waals surface area (Å²) in [4.78, 5) is 12.3. The maximum Gasteiger partial charge on any atom is 1.00 e. The normalized spacial score (nSPS) is 22.2. The Balaban J connectivity index is 0.00000144. The fourth-order valence-electron chi connectivity index (χ4n) is 1.55. The first-order valence-electron chi connectivity index (χ1n) is 4.46. The fourth-order valence-corrected chi connectivity index (χ4v) is 3.02. The molecule has 0 N–H and O–H groups in total. The molecule has 2 heterocycles. The summed E-state index contributed by atoms with van der Waals surface area (Å²) in [5.74, 6) is -0.726. The van der Waals surface area contributed by atoms with E-state index in [-0.39, 0.29) is 51.4 Å². The number of thiophene rings is 1. The molecule has 1 fully saturated rings. The standard InChI is InChI=1S/C9H9NO4S2.K/c1-6-8(5-7-3-2-4-15-7)9(11)10(6)16(12,13)14;/h2-6H,1H3,(H,12,13,14);/q;+1/p-1/b8-5+;/t6-;/m0./s1. The van der Waals surface area contributed by atoms with Crippen LogP contribution in [0.1, 0.15) is 11.8 Å². The average molecular weight is 297 g/mol. The van der Waals surface area contributed by atoms with E-state index < -0.39 is 22.3 Å². The van der Waals surface area contributed by atoms with E-state index in [4.69, 9.17) is 0 Å². The molecule has 1 saturated heterocycles. The van der Waals surface area contributed by atoms with E-state index in [1.54, 1.807) is 6.08 Å². The van der Waals surface area contributed by atoms with Crippen LogP contribution in [0.25, 0.3) is 6.08 Å². The monoisotopic (exact) mass is 297 g/mol. The van der Waals surface area contributed by atoms with Crippen molar-refractivity contribution in [1.82, 2.24) is 4.31 Å². The molecule has 8 heteroatoms. The zero-order valence-electron chi connectivity index (χ0n) is 9.28. The predicted molar refractivity (Wildman–Crippen MR) is 58.3 cm³/mol. The van der Waals surface area contributed by atoms with Crippen molar-refractivity contribution >= 4 is 33.6 Å². The van der Waals surface area contributed by atoms with Gasteiger partial charge in [0.2, 0.25) is 0 Å². The van der Waals surface area contributed by atoms with Crippen LogP contribution < -0.4 is 51.4 Å². The quantitative estimate of drug-likeness (QED) is 0.269. The van der Waals surface area contributed by atoms with Crippen molar-refractivity contribution in [2.24, 2.45) is 0 Å². The van der Waals surface area contributed by atoms with Gasteiger partial charge in [-0.1, -0.05) is 6.07 Å². The first-order chi connectivity index (χ1) is 7.41. The van der Waals surface area contributed by atoms with Crippen molar-refractivity contribution < 1.29 is 69.1 Å². The molecule has 5 nitrogen and oxygen atoms in total. The van der Waals surface area contributed by atoms with Crippen LogP contribution in [0.2, 0.25) is 0 Å². The molecule has 86 valence electrons. The SMILES string of the molecule is C[C@H]1/C(=C\c2cccs2)C(=O)N1S(=O)(=O)[O-].[K+]. The molecular formula is C9H8KNO4S2. The summed E-state index contributed by atoms with van der Waals surface area (Å²) in [6.07, 6.45) is 1.61. The van der Waals surface area contributed by atoms with Crippen molar-refractivity contribution in [1.29, 1.82) is 0 Å². The van der Waals surface area contributed by atoms with E-state index in [1.165, 1.54) is 18.3 Å². The average Bonchev–Trinajstić information content (AvgIpc) is 2.64.